The second-order valence-corrected chi connectivity index (χ2v) is 9.87. The Labute approximate surface area is 149 Å². The number of imidazole rings is 1. The Bertz CT molecular complexity index is 861. The molecule has 2 radical (unpaired) electrons. The molecule has 0 saturated heterocycles. The number of fused-ring (bicyclic) bond motifs is 1. The minimum atomic E-state index is -0.686. The lowest BCUT2D eigenvalue weighted by molar-refractivity contribution is 0.198. The zero-order chi connectivity index (χ0) is 17.5. The second kappa shape index (κ2) is 6.17. The predicted molar refractivity (Wildman–Crippen MR) is 108 cm³/mol. The zero-order valence-electron chi connectivity index (χ0n) is 14.2. The maximum absolute atomic E-state index is 5.89. The topological polar surface area (TPSA) is 26.5 Å². The summed E-state index contributed by atoms with van der Waals surface area (Å²) >= 11 is 0. The second-order valence-electron chi connectivity index (χ2n) is 6.81. The van der Waals surface area contributed by atoms with Gasteiger partial charge in [0.2, 0.25) is 0 Å². The standard InChI is InChI=1S/C18H21BN2OP2/c1-17(2,19)22-15-8-5-12(6-9-15)13-4-7-14-10-20-16(18(3,23)24)21(14)11-13/h4-11H,23-24H2,1-3H3. The molecule has 0 spiro atoms. The van der Waals surface area contributed by atoms with Crippen molar-refractivity contribution < 1.29 is 4.74 Å². The normalized spacial score (nSPS) is 12.5. The van der Waals surface area contributed by atoms with Gasteiger partial charge in [-0.25, -0.2) is 4.98 Å². The van der Waals surface area contributed by atoms with E-state index in [9.17, 15) is 0 Å². The minimum absolute atomic E-state index is 0.171. The van der Waals surface area contributed by atoms with Crippen LogP contribution in [-0.2, 0) is 4.90 Å². The molecule has 3 rings (SSSR count). The number of benzene rings is 1. The smallest absolute Gasteiger partial charge is 0.130 e. The van der Waals surface area contributed by atoms with Crippen LogP contribution < -0.4 is 4.74 Å². The Kier molecular flexibility index (Phi) is 4.49. The van der Waals surface area contributed by atoms with Crippen LogP contribution in [0.25, 0.3) is 16.6 Å². The molecule has 0 N–H and O–H groups in total. The van der Waals surface area contributed by atoms with Gasteiger partial charge in [-0.2, -0.15) is 0 Å². The van der Waals surface area contributed by atoms with Crippen LogP contribution in [0.1, 0.15) is 26.6 Å². The van der Waals surface area contributed by atoms with Gasteiger partial charge >= 0.3 is 0 Å². The predicted octanol–water partition coefficient (Wildman–Crippen LogP) is 4.21. The van der Waals surface area contributed by atoms with Crippen molar-refractivity contribution in [2.75, 3.05) is 0 Å². The van der Waals surface area contributed by atoms with E-state index >= 15 is 0 Å². The number of ether oxygens (including phenoxy) is 1. The molecule has 6 heteroatoms. The number of pyridine rings is 1. The summed E-state index contributed by atoms with van der Waals surface area (Å²) in [4.78, 5) is 4.37. The summed E-state index contributed by atoms with van der Waals surface area (Å²) in [6.07, 6.45) is 4.01. The molecular formula is C18H21BN2OP2. The number of hydrogen-bond donors (Lipinski definition) is 0. The Morgan fingerprint density at radius 1 is 1.00 bits per heavy atom. The van der Waals surface area contributed by atoms with E-state index in [4.69, 9.17) is 12.6 Å². The number of nitrogens with zero attached hydrogens (tertiary/aromatic N) is 2. The molecule has 0 amide bonds. The zero-order valence-corrected chi connectivity index (χ0v) is 16.5. The van der Waals surface area contributed by atoms with Crippen LogP contribution in [0, 0.1) is 0 Å². The summed E-state index contributed by atoms with van der Waals surface area (Å²) in [5, 5.41) is 0. The maximum atomic E-state index is 5.89. The molecule has 2 atom stereocenters. The summed E-state index contributed by atoms with van der Waals surface area (Å²) in [6, 6.07) is 12.2. The molecule has 0 saturated carbocycles. The summed E-state index contributed by atoms with van der Waals surface area (Å²) in [7, 11) is 11.5. The third kappa shape index (κ3) is 3.82. The molecule has 1 aromatic carbocycles. The third-order valence-corrected chi connectivity index (χ3v) is 4.09. The summed E-state index contributed by atoms with van der Waals surface area (Å²) in [5.74, 6) is 1.75. The van der Waals surface area contributed by atoms with E-state index < -0.39 is 5.50 Å². The monoisotopic (exact) mass is 354 g/mol. The number of hydrogen-bond acceptors (Lipinski definition) is 2. The molecule has 2 aromatic heterocycles. The lowest BCUT2D eigenvalue weighted by atomic mass is 9.86. The largest absolute Gasteiger partial charge is 0.498 e. The lowest BCUT2D eigenvalue weighted by Crippen LogP contribution is -2.27. The Balaban J connectivity index is 1.97. The fourth-order valence-corrected chi connectivity index (χ4v) is 3.01. The van der Waals surface area contributed by atoms with Gasteiger partial charge in [-0.05, 0) is 50.1 Å². The van der Waals surface area contributed by atoms with Gasteiger partial charge in [-0.1, -0.05) is 18.2 Å². The van der Waals surface area contributed by atoms with Gasteiger partial charge in [0.15, 0.2) is 0 Å². The third-order valence-electron chi connectivity index (χ3n) is 3.58. The van der Waals surface area contributed by atoms with Crippen LogP contribution in [0.3, 0.4) is 0 Å². The molecule has 3 aromatic rings. The average Bonchev–Trinajstić information content (AvgIpc) is 2.89. The van der Waals surface area contributed by atoms with E-state index in [0.29, 0.717) is 0 Å². The van der Waals surface area contributed by atoms with Crippen molar-refractivity contribution in [3.05, 3.63) is 54.6 Å². The number of rotatable bonds is 4. The van der Waals surface area contributed by atoms with E-state index in [2.05, 4.69) is 53.1 Å². The van der Waals surface area contributed by atoms with E-state index in [1.807, 2.05) is 44.3 Å². The van der Waals surface area contributed by atoms with Crippen molar-refractivity contribution in [1.82, 2.24) is 9.38 Å². The van der Waals surface area contributed by atoms with Gasteiger partial charge in [0.25, 0.3) is 0 Å². The molecule has 3 nitrogen and oxygen atoms in total. The first-order valence-corrected chi connectivity index (χ1v) is 8.93. The Morgan fingerprint density at radius 2 is 1.62 bits per heavy atom. The van der Waals surface area contributed by atoms with E-state index in [1.165, 1.54) is 0 Å². The summed E-state index contributed by atoms with van der Waals surface area (Å²) in [6.45, 7) is 5.76. The van der Waals surface area contributed by atoms with Gasteiger partial charge in [0.1, 0.15) is 19.4 Å². The van der Waals surface area contributed by atoms with Gasteiger partial charge < -0.3 is 9.14 Å². The van der Waals surface area contributed by atoms with Crippen molar-refractivity contribution in [3.63, 3.8) is 0 Å². The first-order valence-electron chi connectivity index (χ1n) is 7.77. The molecule has 0 fully saturated rings. The molecule has 2 heterocycles. The fraction of sp³-hybridized carbons (Fsp3) is 0.278. The van der Waals surface area contributed by atoms with Crippen molar-refractivity contribution in [2.45, 2.75) is 31.2 Å². The highest BCUT2D eigenvalue weighted by atomic mass is 31.1. The fourth-order valence-electron chi connectivity index (χ4n) is 2.58. The van der Waals surface area contributed by atoms with Crippen molar-refractivity contribution in [2.24, 2.45) is 0 Å². The van der Waals surface area contributed by atoms with Gasteiger partial charge in [-0.15, -0.1) is 18.5 Å². The minimum Gasteiger partial charge on any atom is -0.498 e. The van der Waals surface area contributed by atoms with Crippen LogP contribution in [0.5, 0.6) is 5.75 Å². The lowest BCUT2D eigenvalue weighted by Gasteiger charge is -2.22. The highest BCUT2D eigenvalue weighted by molar-refractivity contribution is 7.38. The molecule has 24 heavy (non-hydrogen) atoms. The quantitative estimate of drug-likeness (QED) is 0.518. The van der Waals surface area contributed by atoms with Crippen LogP contribution >= 0.6 is 18.5 Å². The van der Waals surface area contributed by atoms with Crippen LogP contribution in [0.4, 0.5) is 0 Å². The molecule has 122 valence electrons. The SMILES string of the molecule is [B]C(C)(C)Oc1ccc(-c2ccc3cnc(C(C)(P)P)n3c2)cc1. The molecule has 2 unspecified atom stereocenters. The Hall–Kier alpha value is -1.37. The molecule has 0 aliphatic carbocycles. The first kappa shape index (κ1) is 17.5. The summed E-state index contributed by atoms with van der Waals surface area (Å²) in [5.41, 5.74) is 2.64. The number of aromatic nitrogens is 2. The summed E-state index contributed by atoms with van der Waals surface area (Å²) < 4.78 is 7.80. The highest BCUT2D eigenvalue weighted by Crippen LogP contribution is 2.37. The van der Waals surface area contributed by atoms with Crippen molar-refractivity contribution in [3.8, 4) is 16.9 Å². The van der Waals surface area contributed by atoms with Gasteiger partial charge in [0.05, 0.1) is 22.1 Å². The molecule has 0 aliphatic heterocycles. The van der Waals surface area contributed by atoms with Crippen LogP contribution in [0.15, 0.2) is 48.8 Å². The molecule has 0 aliphatic rings. The van der Waals surface area contributed by atoms with Gasteiger partial charge in [0, 0.05) is 6.20 Å². The van der Waals surface area contributed by atoms with Gasteiger partial charge in [-0.3, -0.25) is 0 Å². The van der Waals surface area contributed by atoms with E-state index in [1.54, 1.807) is 0 Å². The van der Waals surface area contributed by atoms with E-state index in [-0.39, 0.29) is 4.90 Å². The van der Waals surface area contributed by atoms with Crippen molar-refractivity contribution >= 4 is 31.8 Å². The molecular weight excluding hydrogens is 333 g/mol. The van der Waals surface area contributed by atoms with E-state index in [0.717, 1.165) is 28.2 Å². The average molecular weight is 354 g/mol. The highest BCUT2D eigenvalue weighted by Gasteiger charge is 2.20. The maximum Gasteiger partial charge on any atom is 0.130 e. The first-order chi connectivity index (χ1) is 11.1. The van der Waals surface area contributed by atoms with Crippen LogP contribution in [0.2, 0.25) is 0 Å². The Morgan fingerprint density at radius 3 is 2.21 bits per heavy atom. The molecule has 0 bridgehead atoms. The van der Waals surface area contributed by atoms with Crippen LogP contribution in [-0.4, -0.2) is 22.7 Å². The van der Waals surface area contributed by atoms with Crippen molar-refractivity contribution in [1.29, 1.82) is 0 Å².